The van der Waals surface area contributed by atoms with E-state index in [2.05, 4.69) is 6.58 Å². The molecule has 0 radical (unpaired) electrons. The number of amides is 2. The highest BCUT2D eigenvalue weighted by atomic mass is 16.6. The quantitative estimate of drug-likeness (QED) is 0.392. The summed E-state index contributed by atoms with van der Waals surface area (Å²) in [7, 11) is 0. The summed E-state index contributed by atoms with van der Waals surface area (Å²) in [5.41, 5.74) is 2.12. The number of aryl methyl sites for hydroxylation is 2. The first-order chi connectivity index (χ1) is 18.8. The third kappa shape index (κ3) is 4.26. The Balaban J connectivity index is 1.66. The predicted molar refractivity (Wildman–Crippen MR) is 146 cm³/mol. The van der Waals surface area contributed by atoms with Gasteiger partial charge in [0.1, 0.15) is 11.6 Å². The number of hydrogen-bond acceptors (Lipinski definition) is 6. The van der Waals surface area contributed by atoms with Gasteiger partial charge in [0, 0.05) is 12.2 Å². The molecule has 39 heavy (non-hydrogen) atoms. The van der Waals surface area contributed by atoms with Crippen molar-refractivity contribution in [2.24, 2.45) is 11.8 Å². The van der Waals surface area contributed by atoms with Crippen LogP contribution in [0.15, 0.2) is 61.2 Å². The molecule has 0 aliphatic carbocycles. The second-order valence-electron chi connectivity index (χ2n) is 10.7. The van der Waals surface area contributed by atoms with Gasteiger partial charge in [0.05, 0.1) is 37.2 Å². The van der Waals surface area contributed by atoms with Crippen LogP contribution < -0.4 is 4.90 Å². The van der Waals surface area contributed by atoms with Crippen LogP contribution in [-0.2, 0) is 23.9 Å². The number of benzene rings is 2. The van der Waals surface area contributed by atoms with E-state index in [-0.39, 0.29) is 31.6 Å². The molecule has 1 N–H and O–H groups in total. The maximum atomic E-state index is 14.7. The molecule has 206 valence electrons. The van der Waals surface area contributed by atoms with Gasteiger partial charge in [0.15, 0.2) is 0 Å². The van der Waals surface area contributed by atoms with Crippen LogP contribution in [0.1, 0.15) is 42.5 Å². The number of rotatable bonds is 9. The first-order valence-electron chi connectivity index (χ1n) is 13.6. The molecule has 0 saturated carbocycles. The third-order valence-electron chi connectivity index (χ3n) is 8.46. The van der Waals surface area contributed by atoms with E-state index in [0.717, 1.165) is 16.8 Å². The zero-order valence-corrected chi connectivity index (χ0v) is 22.7. The summed E-state index contributed by atoms with van der Waals surface area (Å²) in [5.74, 6) is -2.83. The van der Waals surface area contributed by atoms with Gasteiger partial charge in [-0.1, -0.05) is 48.5 Å². The molecule has 2 bridgehead atoms. The van der Waals surface area contributed by atoms with Crippen molar-refractivity contribution in [3.8, 4) is 0 Å². The average molecular weight is 533 g/mol. The fraction of sp³-hybridized carbons (Fsp3) is 0.452. The largest absolute Gasteiger partial charge is 0.466 e. The highest BCUT2D eigenvalue weighted by Crippen LogP contribution is 2.60. The number of carbonyl (C=O) groups is 3. The third-order valence-corrected chi connectivity index (χ3v) is 8.46. The van der Waals surface area contributed by atoms with Gasteiger partial charge >= 0.3 is 5.97 Å². The van der Waals surface area contributed by atoms with E-state index < -0.39 is 41.6 Å². The van der Waals surface area contributed by atoms with Crippen molar-refractivity contribution in [3.63, 3.8) is 0 Å². The molecule has 0 aromatic heterocycles. The Hall–Kier alpha value is -3.49. The van der Waals surface area contributed by atoms with Crippen molar-refractivity contribution >= 4 is 23.5 Å². The van der Waals surface area contributed by atoms with Crippen LogP contribution in [0.3, 0.4) is 0 Å². The molecule has 5 rings (SSSR count). The van der Waals surface area contributed by atoms with E-state index in [0.29, 0.717) is 18.4 Å². The minimum absolute atomic E-state index is 0.186. The molecule has 3 fully saturated rings. The van der Waals surface area contributed by atoms with Crippen molar-refractivity contribution in [2.45, 2.75) is 57.4 Å². The van der Waals surface area contributed by atoms with E-state index in [1.807, 2.05) is 62.4 Å². The van der Waals surface area contributed by atoms with Gasteiger partial charge in [-0.05, 0) is 56.4 Å². The summed E-state index contributed by atoms with van der Waals surface area (Å²) in [5, 5.41) is 10.6. The van der Waals surface area contributed by atoms with Crippen molar-refractivity contribution in [1.82, 2.24) is 4.90 Å². The number of esters is 1. The van der Waals surface area contributed by atoms with Gasteiger partial charge in [-0.3, -0.25) is 14.4 Å². The molecule has 2 aromatic rings. The molecule has 0 unspecified atom stereocenters. The molecule has 3 aliphatic heterocycles. The zero-order chi connectivity index (χ0) is 27.9. The summed E-state index contributed by atoms with van der Waals surface area (Å²) < 4.78 is 11.9. The number of ether oxygens (including phenoxy) is 2. The lowest BCUT2D eigenvalue weighted by atomic mass is 9.70. The minimum atomic E-state index is -1.20. The van der Waals surface area contributed by atoms with E-state index in [9.17, 15) is 19.5 Å². The molecule has 6 atom stereocenters. The van der Waals surface area contributed by atoms with Gasteiger partial charge in [0.25, 0.3) is 5.91 Å². The number of carbonyl (C=O) groups excluding carboxylic acids is 3. The number of aliphatic hydroxyl groups excluding tert-OH is 1. The van der Waals surface area contributed by atoms with Crippen LogP contribution >= 0.6 is 0 Å². The van der Waals surface area contributed by atoms with Crippen LogP contribution in [0.2, 0.25) is 0 Å². The van der Waals surface area contributed by atoms with E-state index in [1.165, 1.54) is 4.90 Å². The lowest BCUT2D eigenvalue weighted by Crippen LogP contribution is -2.57. The Labute approximate surface area is 229 Å². The van der Waals surface area contributed by atoms with Crippen molar-refractivity contribution in [3.05, 3.63) is 77.9 Å². The van der Waals surface area contributed by atoms with Gasteiger partial charge in [-0.15, -0.1) is 6.58 Å². The summed E-state index contributed by atoms with van der Waals surface area (Å²) >= 11 is 0. The Kier molecular flexibility index (Phi) is 7.35. The normalized spacial score (nSPS) is 27.8. The molecule has 2 amide bonds. The molecular formula is C31H36N2O6. The number of hydrogen-bond donors (Lipinski definition) is 1. The number of aliphatic hydroxyl groups is 1. The number of likely N-dealkylation sites (tertiary alicyclic amines) is 1. The van der Waals surface area contributed by atoms with Gasteiger partial charge in [0.2, 0.25) is 5.91 Å². The highest BCUT2D eigenvalue weighted by Gasteiger charge is 2.75. The summed E-state index contributed by atoms with van der Waals surface area (Å²) in [6, 6.07) is 13.2. The first-order valence-corrected chi connectivity index (χ1v) is 13.6. The SMILES string of the molecule is C=CCN(C(=O)[C@@H]1N([C@H](CO)c2ccccc2)C(=O)[C@H]2[C@H](C(=O)OCC)[C@@H]3CC[C@]12O3)c1cc(C)ccc1C. The van der Waals surface area contributed by atoms with Crippen molar-refractivity contribution in [1.29, 1.82) is 0 Å². The van der Waals surface area contributed by atoms with Gasteiger partial charge in [-0.25, -0.2) is 0 Å². The van der Waals surface area contributed by atoms with Crippen LogP contribution in [0.4, 0.5) is 5.69 Å². The Morgan fingerprint density at radius 2 is 2.00 bits per heavy atom. The van der Waals surface area contributed by atoms with Crippen LogP contribution in [-0.4, -0.2) is 65.3 Å². The summed E-state index contributed by atoms with van der Waals surface area (Å²) in [6.45, 7) is 9.53. The summed E-state index contributed by atoms with van der Waals surface area (Å²) in [6.07, 6.45) is 2.17. The highest BCUT2D eigenvalue weighted by molar-refractivity contribution is 6.05. The fourth-order valence-electron chi connectivity index (χ4n) is 6.84. The monoisotopic (exact) mass is 532 g/mol. The predicted octanol–water partition coefficient (Wildman–Crippen LogP) is 3.49. The number of fused-ring (bicyclic) bond motifs is 1. The topological polar surface area (TPSA) is 96.4 Å². The lowest BCUT2D eigenvalue weighted by molar-refractivity contribution is -0.155. The smallest absolute Gasteiger partial charge is 0.312 e. The number of anilines is 1. The average Bonchev–Trinajstić information content (AvgIpc) is 3.57. The molecule has 3 saturated heterocycles. The Morgan fingerprint density at radius 1 is 1.26 bits per heavy atom. The maximum absolute atomic E-state index is 14.7. The summed E-state index contributed by atoms with van der Waals surface area (Å²) in [4.78, 5) is 45.3. The maximum Gasteiger partial charge on any atom is 0.312 e. The first kappa shape index (κ1) is 27.1. The second-order valence-corrected chi connectivity index (χ2v) is 10.7. The molecule has 8 nitrogen and oxygen atoms in total. The Bertz CT molecular complexity index is 1280. The second kappa shape index (κ2) is 10.6. The molecule has 8 heteroatoms. The number of nitrogens with zero attached hydrogens (tertiary/aromatic N) is 2. The molecular weight excluding hydrogens is 496 g/mol. The van der Waals surface area contributed by atoms with Crippen molar-refractivity contribution < 1.29 is 29.0 Å². The zero-order valence-electron chi connectivity index (χ0n) is 22.7. The van der Waals surface area contributed by atoms with Gasteiger partial charge in [-0.2, -0.15) is 0 Å². The van der Waals surface area contributed by atoms with E-state index in [4.69, 9.17) is 9.47 Å². The molecule has 3 heterocycles. The standard InChI is InChI=1S/C31H36N2O6/c1-5-16-32(22-17-19(3)12-13-20(22)4)29(36)27-31-15-14-24(39-31)25(30(37)38-6-2)26(31)28(35)33(27)23(18-34)21-10-8-7-9-11-21/h5,7-13,17,23-27,34H,1,6,14-16,18H2,2-4H3/t23-,24+,25-,26-,27+,31-/m1/s1. The van der Waals surface area contributed by atoms with Crippen molar-refractivity contribution in [2.75, 3.05) is 24.7 Å². The van der Waals surface area contributed by atoms with Crippen LogP contribution in [0.25, 0.3) is 0 Å². The van der Waals surface area contributed by atoms with Crippen LogP contribution in [0.5, 0.6) is 0 Å². The lowest BCUT2D eigenvalue weighted by Gasteiger charge is -2.39. The molecule has 3 aliphatic rings. The molecule has 2 aromatic carbocycles. The van der Waals surface area contributed by atoms with Gasteiger partial charge < -0.3 is 24.4 Å². The Morgan fingerprint density at radius 3 is 2.67 bits per heavy atom. The van der Waals surface area contributed by atoms with Crippen LogP contribution in [0, 0.1) is 25.7 Å². The van der Waals surface area contributed by atoms with E-state index in [1.54, 1.807) is 17.9 Å². The molecule has 1 spiro atoms. The fourth-order valence-corrected chi connectivity index (χ4v) is 6.84. The van der Waals surface area contributed by atoms with E-state index >= 15 is 0 Å². The minimum Gasteiger partial charge on any atom is -0.466 e.